The van der Waals surface area contributed by atoms with Crippen LogP contribution >= 0.6 is 0 Å². The van der Waals surface area contributed by atoms with Crippen molar-refractivity contribution in [3.8, 4) is 5.75 Å². The second kappa shape index (κ2) is 10.9. The van der Waals surface area contributed by atoms with Crippen LogP contribution in [0.2, 0.25) is 0 Å². The summed E-state index contributed by atoms with van der Waals surface area (Å²) in [6.45, 7) is 2.01. The molecule has 29 heavy (non-hydrogen) atoms. The van der Waals surface area contributed by atoms with Crippen LogP contribution in [-0.4, -0.2) is 42.8 Å². The van der Waals surface area contributed by atoms with Crippen molar-refractivity contribution in [2.24, 2.45) is 0 Å². The molecule has 1 amide bonds. The number of Topliss-reactive ketones (excluding diaryl/α,β-unsaturated/α-hetero) is 1. The van der Waals surface area contributed by atoms with Crippen LogP contribution in [0, 0.1) is 5.82 Å². The third kappa shape index (κ3) is 7.03. The number of rotatable bonds is 10. The Balaban J connectivity index is 1.73. The number of halogens is 1. The Hall–Kier alpha value is -3.22. The zero-order chi connectivity index (χ0) is 21.2. The Bertz CT molecular complexity index is 851. The largest absolute Gasteiger partial charge is 0.494 e. The molecule has 0 aliphatic carbocycles. The van der Waals surface area contributed by atoms with Gasteiger partial charge in [-0.1, -0.05) is 18.2 Å². The van der Waals surface area contributed by atoms with E-state index in [-0.39, 0.29) is 25.2 Å². The lowest BCUT2D eigenvalue weighted by Gasteiger charge is -2.17. The van der Waals surface area contributed by atoms with Crippen LogP contribution in [-0.2, 0) is 20.9 Å². The smallest absolute Gasteiger partial charge is 0.306 e. The SMILES string of the molecule is CCOc1ccc(C(=O)CCC(=O)OCC(=O)N(C)Cc2ccccc2F)cc1. The minimum absolute atomic E-state index is 0.0218. The molecule has 0 radical (unpaired) electrons. The number of ketones is 1. The van der Waals surface area contributed by atoms with Crippen LogP contribution in [0.3, 0.4) is 0 Å². The summed E-state index contributed by atoms with van der Waals surface area (Å²) >= 11 is 0. The maximum absolute atomic E-state index is 13.6. The highest BCUT2D eigenvalue weighted by atomic mass is 19.1. The molecule has 2 rings (SSSR count). The molecule has 0 unspecified atom stereocenters. The molecule has 0 fully saturated rings. The van der Waals surface area contributed by atoms with E-state index in [4.69, 9.17) is 9.47 Å². The van der Waals surface area contributed by atoms with Gasteiger partial charge in [0.25, 0.3) is 5.91 Å². The van der Waals surface area contributed by atoms with Crippen molar-refractivity contribution in [2.45, 2.75) is 26.3 Å². The van der Waals surface area contributed by atoms with Crippen molar-refractivity contribution in [1.29, 1.82) is 0 Å². The molecule has 0 saturated heterocycles. The van der Waals surface area contributed by atoms with E-state index in [1.54, 1.807) is 42.5 Å². The van der Waals surface area contributed by atoms with Crippen LogP contribution in [0.5, 0.6) is 5.75 Å². The van der Waals surface area contributed by atoms with E-state index in [9.17, 15) is 18.8 Å². The summed E-state index contributed by atoms with van der Waals surface area (Å²) in [4.78, 5) is 37.3. The Kier molecular flexibility index (Phi) is 8.33. The summed E-state index contributed by atoms with van der Waals surface area (Å²) in [5.74, 6) is -1.04. The van der Waals surface area contributed by atoms with Crippen LogP contribution in [0.15, 0.2) is 48.5 Å². The van der Waals surface area contributed by atoms with Crippen molar-refractivity contribution in [3.63, 3.8) is 0 Å². The van der Waals surface area contributed by atoms with E-state index in [2.05, 4.69) is 0 Å². The zero-order valence-electron chi connectivity index (χ0n) is 16.5. The van der Waals surface area contributed by atoms with Crippen molar-refractivity contribution in [2.75, 3.05) is 20.3 Å². The van der Waals surface area contributed by atoms with Gasteiger partial charge in [0.2, 0.25) is 0 Å². The van der Waals surface area contributed by atoms with Gasteiger partial charge in [0.05, 0.1) is 13.0 Å². The van der Waals surface area contributed by atoms with Gasteiger partial charge in [0.15, 0.2) is 12.4 Å². The molecule has 0 aromatic heterocycles. The quantitative estimate of drug-likeness (QED) is 0.451. The Labute approximate surface area is 169 Å². The molecule has 2 aromatic rings. The Morgan fingerprint density at radius 1 is 1.00 bits per heavy atom. The first-order chi connectivity index (χ1) is 13.9. The molecule has 0 saturated carbocycles. The highest BCUT2D eigenvalue weighted by molar-refractivity contribution is 5.97. The van der Waals surface area contributed by atoms with E-state index in [0.717, 1.165) is 0 Å². The summed E-state index contributed by atoms with van der Waals surface area (Å²) in [5.41, 5.74) is 0.845. The molecule has 154 valence electrons. The van der Waals surface area contributed by atoms with Crippen molar-refractivity contribution >= 4 is 17.7 Å². The molecule has 0 heterocycles. The third-order valence-electron chi connectivity index (χ3n) is 4.19. The summed E-state index contributed by atoms with van der Waals surface area (Å²) in [6.07, 6.45) is -0.150. The minimum atomic E-state index is -0.642. The molecular weight excluding hydrogens is 377 g/mol. The topological polar surface area (TPSA) is 72.9 Å². The van der Waals surface area contributed by atoms with E-state index in [1.165, 1.54) is 18.0 Å². The van der Waals surface area contributed by atoms with E-state index >= 15 is 0 Å². The highest BCUT2D eigenvalue weighted by Gasteiger charge is 2.15. The average Bonchev–Trinajstić information content (AvgIpc) is 2.72. The molecule has 0 aliphatic rings. The van der Waals surface area contributed by atoms with Gasteiger partial charge in [0.1, 0.15) is 11.6 Å². The number of hydrogen-bond donors (Lipinski definition) is 0. The number of likely N-dealkylation sites (N-methyl/N-ethyl adjacent to an activating group) is 1. The molecular formula is C22H24FNO5. The zero-order valence-corrected chi connectivity index (χ0v) is 16.5. The number of hydrogen-bond acceptors (Lipinski definition) is 5. The maximum Gasteiger partial charge on any atom is 0.306 e. The third-order valence-corrected chi connectivity index (χ3v) is 4.19. The van der Waals surface area contributed by atoms with Crippen LogP contribution in [0.1, 0.15) is 35.7 Å². The molecule has 0 atom stereocenters. The summed E-state index contributed by atoms with van der Waals surface area (Å²) in [5, 5.41) is 0. The fourth-order valence-electron chi connectivity index (χ4n) is 2.56. The highest BCUT2D eigenvalue weighted by Crippen LogP contribution is 2.14. The number of carbonyl (C=O) groups excluding carboxylic acids is 3. The first kappa shape index (κ1) is 22.1. The molecule has 0 N–H and O–H groups in total. The van der Waals surface area contributed by atoms with E-state index < -0.39 is 24.3 Å². The molecule has 2 aromatic carbocycles. The van der Waals surface area contributed by atoms with E-state index in [0.29, 0.717) is 23.5 Å². The van der Waals surface area contributed by atoms with E-state index in [1.807, 2.05) is 6.92 Å². The number of nitrogens with zero attached hydrogens (tertiary/aromatic N) is 1. The number of amides is 1. The van der Waals surface area contributed by atoms with Gasteiger partial charge in [-0.15, -0.1) is 0 Å². The van der Waals surface area contributed by atoms with Gasteiger partial charge in [0, 0.05) is 31.1 Å². The summed E-state index contributed by atoms with van der Waals surface area (Å²) in [7, 11) is 1.50. The summed E-state index contributed by atoms with van der Waals surface area (Å²) < 4.78 is 23.9. The molecule has 0 aliphatic heterocycles. The fourth-order valence-corrected chi connectivity index (χ4v) is 2.56. The van der Waals surface area contributed by atoms with Gasteiger partial charge >= 0.3 is 5.97 Å². The van der Waals surface area contributed by atoms with Gasteiger partial charge in [-0.05, 0) is 37.3 Å². The summed E-state index contributed by atoms with van der Waals surface area (Å²) in [6, 6.07) is 12.8. The average molecular weight is 401 g/mol. The predicted molar refractivity (Wildman–Crippen MR) is 105 cm³/mol. The molecule has 0 bridgehead atoms. The first-order valence-electron chi connectivity index (χ1n) is 9.29. The Morgan fingerprint density at radius 2 is 1.69 bits per heavy atom. The van der Waals surface area contributed by atoms with Gasteiger partial charge < -0.3 is 14.4 Å². The number of esters is 1. The standard InChI is InChI=1S/C22H24FNO5/c1-3-28-18-10-8-16(9-11-18)20(25)12-13-22(27)29-15-21(26)24(2)14-17-6-4-5-7-19(17)23/h4-11H,3,12-15H2,1-2H3. The van der Waals surface area contributed by atoms with Crippen LogP contribution in [0.25, 0.3) is 0 Å². The second-order valence-electron chi connectivity index (χ2n) is 6.38. The van der Waals surface area contributed by atoms with Crippen molar-refractivity contribution in [1.82, 2.24) is 4.90 Å². The molecule has 6 nitrogen and oxygen atoms in total. The predicted octanol–water partition coefficient (Wildman–Crippen LogP) is 3.39. The van der Waals surface area contributed by atoms with Gasteiger partial charge in [-0.3, -0.25) is 14.4 Å². The lowest BCUT2D eigenvalue weighted by molar-refractivity contribution is -0.151. The van der Waals surface area contributed by atoms with Crippen LogP contribution in [0.4, 0.5) is 4.39 Å². The molecule has 0 spiro atoms. The number of benzene rings is 2. The van der Waals surface area contributed by atoms with Crippen LogP contribution < -0.4 is 4.74 Å². The van der Waals surface area contributed by atoms with Gasteiger partial charge in [-0.2, -0.15) is 0 Å². The monoisotopic (exact) mass is 401 g/mol. The maximum atomic E-state index is 13.6. The first-order valence-corrected chi connectivity index (χ1v) is 9.29. The van der Waals surface area contributed by atoms with Crippen molar-refractivity contribution in [3.05, 3.63) is 65.5 Å². The normalized spacial score (nSPS) is 10.3. The lowest BCUT2D eigenvalue weighted by atomic mass is 10.1. The number of carbonyl (C=O) groups is 3. The minimum Gasteiger partial charge on any atom is -0.494 e. The molecule has 7 heteroatoms. The second-order valence-corrected chi connectivity index (χ2v) is 6.38. The van der Waals surface area contributed by atoms with Crippen molar-refractivity contribution < 1.29 is 28.2 Å². The lowest BCUT2D eigenvalue weighted by Crippen LogP contribution is -2.31. The Morgan fingerprint density at radius 3 is 2.34 bits per heavy atom. The number of ether oxygens (including phenoxy) is 2. The fraction of sp³-hybridized carbons (Fsp3) is 0.318. The van der Waals surface area contributed by atoms with Gasteiger partial charge in [-0.25, -0.2) is 4.39 Å².